The molecule has 0 amide bonds. The summed E-state index contributed by atoms with van der Waals surface area (Å²) in [5.74, 6) is 0. The number of aryl methyl sites for hydroxylation is 2. The van der Waals surface area contributed by atoms with Gasteiger partial charge in [0.2, 0.25) is 0 Å². The van der Waals surface area contributed by atoms with Crippen molar-refractivity contribution in [3.8, 4) is 0 Å². The van der Waals surface area contributed by atoms with Gasteiger partial charge in [-0.2, -0.15) is 0 Å². The number of hydrogen-bond acceptors (Lipinski definition) is 3. The van der Waals surface area contributed by atoms with E-state index in [0.29, 0.717) is 0 Å². The monoisotopic (exact) mass is 242 g/mol. The van der Waals surface area contributed by atoms with Gasteiger partial charge in [0.25, 0.3) is 0 Å². The molecule has 2 aromatic rings. The van der Waals surface area contributed by atoms with Gasteiger partial charge in [0, 0.05) is 12.7 Å². The SMILES string of the molecule is Cn1nncc1CNc1cccc2c1CCCC2. The van der Waals surface area contributed by atoms with Crippen molar-refractivity contribution in [3.63, 3.8) is 0 Å². The Hall–Kier alpha value is -1.84. The summed E-state index contributed by atoms with van der Waals surface area (Å²) in [7, 11) is 1.92. The first kappa shape index (κ1) is 11.3. The highest BCUT2D eigenvalue weighted by Crippen LogP contribution is 2.28. The van der Waals surface area contributed by atoms with Crippen molar-refractivity contribution in [2.75, 3.05) is 5.32 Å². The summed E-state index contributed by atoms with van der Waals surface area (Å²) in [5.41, 5.74) is 5.38. The summed E-state index contributed by atoms with van der Waals surface area (Å²) in [6.45, 7) is 0.778. The van der Waals surface area contributed by atoms with Crippen molar-refractivity contribution < 1.29 is 0 Å². The fourth-order valence-electron chi connectivity index (χ4n) is 2.60. The van der Waals surface area contributed by atoms with Crippen LogP contribution in [0.2, 0.25) is 0 Å². The third kappa shape index (κ3) is 2.10. The summed E-state index contributed by atoms with van der Waals surface area (Å²) in [6.07, 6.45) is 6.85. The van der Waals surface area contributed by atoms with Gasteiger partial charge in [-0.15, -0.1) is 5.10 Å². The molecule has 1 aliphatic rings. The van der Waals surface area contributed by atoms with E-state index in [1.165, 1.54) is 42.5 Å². The van der Waals surface area contributed by atoms with Crippen molar-refractivity contribution in [1.82, 2.24) is 15.0 Å². The maximum atomic E-state index is 3.94. The van der Waals surface area contributed by atoms with E-state index in [9.17, 15) is 0 Å². The largest absolute Gasteiger partial charge is 0.379 e. The number of nitrogens with one attached hydrogen (secondary N) is 1. The van der Waals surface area contributed by atoms with E-state index in [0.717, 1.165) is 12.2 Å². The van der Waals surface area contributed by atoms with Crippen LogP contribution in [0.15, 0.2) is 24.4 Å². The van der Waals surface area contributed by atoms with Crippen LogP contribution in [0.25, 0.3) is 0 Å². The molecule has 1 aromatic carbocycles. The van der Waals surface area contributed by atoms with E-state index >= 15 is 0 Å². The molecule has 94 valence electrons. The number of hydrogen-bond donors (Lipinski definition) is 1. The van der Waals surface area contributed by atoms with Crippen LogP contribution in [0, 0.1) is 0 Å². The maximum Gasteiger partial charge on any atom is 0.0774 e. The fraction of sp³-hybridized carbons (Fsp3) is 0.429. The van der Waals surface area contributed by atoms with Crippen molar-refractivity contribution >= 4 is 5.69 Å². The van der Waals surface area contributed by atoms with Gasteiger partial charge in [0.05, 0.1) is 18.4 Å². The van der Waals surface area contributed by atoms with Crippen LogP contribution in [0.4, 0.5) is 5.69 Å². The quantitative estimate of drug-likeness (QED) is 0.898. The lowest BCUT2D eigenvalue weighted by molar-refractivity contribution is 0.678. The zero-order chi connectivity index (χ0) is 12.4. The van der Waals surface area contributed by atoms with Crippen LogP contribution in [0.5, 0.6) is 0 Å². The highest BCUT2D eigenvalue weighted by molar-refractivity contribution is 5.55. The normalized spacial score (nSPS) is 14.3. The van der Waals surface area contributed by atoms with Gasteiger partial charge >= 0.3 is 0 Å². The Labute approximate surface area is 107 Å². The van der Waals surface area contributed by atoms with E-state index in [2.05, 4.69) is 33.8 Å². The number of nitrogens with zero attached hydrogens (tertiary/aromatic N) is 3. The van der Waals surface area contributed by atoms with Gasteiger partial charge in [-0.1, -0.05) is 17.3 Å². The maximum absolute atomic E-state index is 3.94. The van der Waals surface area contributed by atoms with Crippen LogP contribution in [0.1, 0.15) is 29.7 Å². The molecule has 0 radical (unpaired) electrons. The third-order valence-corrected chi connectivity index (χ3v) is 3.66. The predicted molar refractivity (Wildman–Crippen MR) is 71.4 cm³/mol. The Morgan fingerprint density at radius 2 is 2.17 bits per heavy atom. The van der Waals surface area contributed by atoms with Gasteiger partial charge in [-0.25, -0.2) is 0 Å². The molecule has 4 nitrogen and oxygen atoms in total. The molecule has 1 N–H and O–H groups in total. The first-order chi connectivity index (χ1) is 8.84. The number of rotatable bonds is 3. The first-order valence-corrected chi connectivity index (χ1v) is 6.53. The van der Waals surface area contributed by atoms with Gasteiger partial charge in [0.1, 0.15) is 0 Å². The lowest BCUT2D eigenvalue weighted by atomic mass is 9.90. The number of anilines is 1. The zero-order valence-corrected chi connectivity index (χ0v) is 10.7. The second-order valence-electron chi connectivity index (χ2n) is 4.85. The van der Waals surface area contributed by atoms with Crippen LogP contribution in [-0.4, -0.2) is 15.0 Å². The molecule has 0 bridgehead atoms. The van der Waals surface area contributed by atoms with Crippen molar-refractivity contribution in [2.24, 2.45) is 7.05 Å². The Morgan fingerprint density at radius 3 is 3.00 bits per heavy atom. The molecule has 1 aromatic heterocycles. The predicted octanol–water partition coefficient (Wildman–Crippen LogP) is 2.31. The second kappa shape index (κ2) is 4.80. The van der Waals surface area contributed by atoms with E-state index < -0.39 is 0 Å². The van der Waals surface area contributed by atoms with Crippen LogP contribution in [-0.2, 0) is 26.4 Å². The molecule has 1 heterocycles. The molecule has 1 aliphatic carbocycles. The minimum absolute atomic E-state index is 0.778. The average Bonchev–Trinajstić information content (AvgIpc) is 2.82. The molecule has 0 unspecified atom stereocenters. The van der Waals surface area contributed by atoms with E-state index in [1.54, 1.807) is 0 Å². The molecule has 0 aliphatic heterocycles. The van der Waals surface area contributed by atoms with Gasteiger partial charge < -0.3 is 5.32 Å². The Morgan fingerprint density at radius 1 is 1.28 bits per heavy atom. The van der Waals surface area contributed by atoms with Crippen molar-refractivity contribution in [3.05, 3.63) is 41.2 Å². The van der Waals surface area contributed by atoms with Crippen LogP contribution >= 0.6 is 0 Å². The van der Waals surface area contributed by atoms with E-state index in [4.69, 9.17) is 0 Å². The molecule has 0 atom stereocenters. The molecule has 0 spiro atoms. The highest BCUT2D eigenvalue weighted by atomic mass is 15.4. The summed E-state index contributed by atoms with van der Waals surface area (Å²) < 4.78 is 1.81. The number of aromatic nitrogens is 3. The third-order valence-electron chi connectivity index (χ3n) is 3.66. The number of fused-ring (bicyclic) bond motifs is 1. The molecule has 0 saturated heterocycles. The molecular formula is C14H18N4. The molecule has 0 saturated carbocycles. The van der Waals surface area contributed by atoms with E-state index in [-0.39, 0.29) is 0 Å². The molecular weight excluding hydrogens is 224 g/mol. The molecule has 3 rings (SSSR count). The van der Waals surface area contributed by atoms with E-state index in [1.807, 2.05) is 17.9 Å². The number of benzene rings is 1. The average molecular weight is 242 g/mol. The molecule has 4 heteroatoms. The smallest absolute Gasteiger partial charge is 0.0774 e. The molecule has 18 heavy (non-hydrogen) atoms. The summed E-state index contributed by atoms with van der Waals surface area (Å²) >= 11 is 0. The second-order valence-corrected chi connectivity index (χ2v) is 4.85. The Kier molecular flexibility index (Phi) is 3.00. The van der Waals surface area contributed by atoms with Gasteiger partial charge in [-0.05, 0) is 42.9 Å². The standard InChI is InChI=1S/C14H18N4/c1-18-12(10-16-17-18)9-15-14-8-4-6-11-5-2-3-7-13(11)14/h4,6,8,10,15H,2-3,5,7,9H2,1H3. The summed E-state index contributed by atoms with van der Waals surface area (Å²) in [6, 6.07) is 6.58. The van der Waals surface area contributed by atoms with Gasteiger partial charge in [-0.3, -0.25) is 4.68 Å². The lowest BCUT2D eigenvalue weighted by Gasteiger charge is -2.20. The fourth-order valence-corrected chi connectivity index (χ4v) is 2.60. The summed E-state index contributed by atoms with van der Waals surface area (Å²) in [4.78, 5) is 0. The van der Waals surface area contributed by atoms with Crippen molar-refractivity contribution in [1.29, 1.82) is 0 Å². The van der Waals surface area contributed by atoms with Crippen molar-refractivity contribution in [2.45, 2.75) is 32.2 Å². The topological polar surface area (TPSA) is 42.7 Å². The Balaban J connectivity index is 1.79. The highest BCUT2D eigenvalue weighted by Gasteiger charge is 2.12. The van der Waals surface area contributed by atoms with Gasteiger partial charge in [0.15, 0.2) is 0 Å². The summed E-state index contributed by atoms with van der Waals surface area (Å²) in [5, 5.41) is 11.4. The Bertz CT molecular complexity index is 544. The minimum Gasteiger partial charge on any atom is -0.379 e. The van der Waals surface area contributed by atoms with Crippen LogP contribution < -0.4 is 5.32 Å². The first-order valence-electron chi connectivity index (χ1n) is 6.53. The minimum atomic E-state index is 0.778. The molecule has 0 fully saturated rings. The lowest BCUT2D eigenvalue weighted by Crippen LogP contribution is -2.10. The zero-order valence-electron chi connectivity index (χ0n) is 10.7. The van der Waals surface area contributed by atoms with Crippen LogP contribution in [0.3, 0.4) is 0 Å².